The summed E-state index contributed by atoms with van der Waals surface area (Å²) in [6.07, 6.45) is 3.00. The number of benzene rings is 3. The van der Waals surface area contributed by atoms with Gasteiger partial charge in [0, 0.05) is 17.6 Å². The standard InChI is InChI=1S/C25H19N5O8/c1-36-23-12-16(7-9-21(23)38-20-10-8-18(29(32)33)13-19(20)30(34)35)14-27-28-24(31)15-37-22-6-2-4-17-5-3-11-26-25(17)22/h2-14H,15H2,1H3,(H,28,31). The van der Waals surface area contributed by atoms with Gasteiger partial charge in [-0.3, -0.25) is 30.0 Å². The number of rotatable bonds is 10. The second-order valence-electron chi connectivity index (χ2n) is 7.59. The first-order chi connectivity index (χ1) is 18.4. The van der Waals surface area contributed by atoms with Gasteiger partial charge in [-0.1, -0.05) is 18.2 Å². The second kappa shape index (κ2) is 11.4. The number of nitro groups is 2. The molecule has 38 heavy (non-hydrogen) atoms. The quantitative estimate of drug-likeness (QED) is 0.182. The number of aromatic nitrogens is 1. The summed E-state index contributed by atoms with van der Waals surface area (Å²) in [5.74, 6) is 0.110. The van der Waals surface area contributed by atoms with Crippen molar-refractivity contribution in [2.24, 2.45) is 5.10 Å². The molecule has 0 saturated heterocycles. The SMILES string of the molecule is COc1cc(C=NNC(=O)COc2cccc3cccnc23)ccc1Oc1ccc([N+](=O)[O-])cc1[N+](=O)[O-]. The van der Waals surface area contributed by atoms with Crippen molar-refractivity contribution < 1.29 is 28.9 Å². The zero-order chi connectivity index (χ0) is 27.1. The lowest BCUT2D eigenvalue weighted by Gasteiger charge is -2.11. The number of nitrogens with one attached hydrogen (secondary N) is 1. The Kier molecular flexibility index (Phi) is 7.67. The van der Waals surface area contributed by atoms with Crippen LogP contribution in [0.5, 0.6) is 23.0 Å². The summed E-state index contributed by atoms with van der Waals surface area (Å²) in [6, 6.07) is 16.7. The van der Waals surface area contributed by atoms with E-state index in [1.165, 1.54) is 25.5 Å². The number of ether oxygens (including phenoxy) is 3. The van der Waals surface area contributed by atoms with Crippen molar-refractivity contribution >= 4 is 34.4 Å². The third-order valence-electron chi connectivity index (χ3n) is 5.11. The first-order valence-corrected chi connectivity index (χ1v) is 10.9. The van der Waals surface area contributed by atoms with E-state index in [1.807, 2.05) is 12.1 Å². The van der Waals surface area contributed by atoms with Crippen LogP contribution in [-0.4, -0.2) is 40.7 Å². The van der Waals surface area contributed by atoms with Crippen LogP contribution in [0, 0.1) is 20.2 Å². The maximum absolute atomic E-state index is 12.2. The van der Waals surface area contributed by atoms with Crippen molar-refractivity contribution in [3.63, 3.8) is 0 Å². The van der Waals surface area contributed by atoms with E-state index in [4.69, 9.17) is 14.2 Å². The van der Waals surface area contributed by atoms with E-state index >= 15 is 0 Å². The highest BCUT2D eigenvalue weighted by molar-refractivity contribution is 5.86. The van der Waals surface area contributed by atoms with Crippen LogP contribution in [0.25, 0.3) is 10.9 Å². The number of carbonyl (C=O) groups excluding carboxylic acids is 1. The number of hydrogen-bond acceptors (Lipinski definition) is 10. The maximum atomic E-state index is 12.2. The Balaban J connectivity index is 1.40. The van der Waals surface area contributed by atoms with E-state index in [0.717, 1.165) is 23.6 Å². The number of nitrogens with zero attached hydrogens (tertiary/aromatic N) is 4. The van der Waals surface area contributed by atoms with Crippen LogP contribution >= 0.6 is 0 Å². The average molecular weight is 517 g/mol. The molecule has 0 aliphatic carbocycles. The van der Waals surface area contributed by atoms with Crippen molar-refractivity contribution in [2.75, 3.05) is 13.7 Å². The van der Waals surface area contributed by atoms with Gasteiger partial charge in [-0.25, -0.2) is 5.43 Å². The predicted molar refractivity (Wildman–Crippen MR) is 136 cm³/mol. The number of carbonyl (C=O) groups is 1. The van der Waals surface area contributed by atoms with Crippen LogP contribution < -0.4 is 19.6 Å². The molecule has 4 aromatic rings. The Morgan fingerprint density at radius 2 is 1.76 bits per heavy atom. The molecule has 0 fully saturated rings. The first kappa shape index (κ1) is 25.5. The van der Waals surface area contributed by atoms with E-state index < -0.39 is 27.1 Å². The van der Waals surface area contributed by atoms with Crippen LogP contribution in [0.2, 0.25) is 0 Å². The highest BCUT2D eigenvalue weighted by Crippen LogP contribution is 2.38. The zero-order valence-electron chi connectivity index (χ0n) is 19.8. The molecule has 0 saturated carbocycles. The van der Waals surface area contributed by atoms with Gasteiger partial charge in [0.25, 0.3) is 11.6 Å². The highest BCUT2D eigenvalue weighted by Gasteiger charge is 2.22. The number of nitro benzene ring substituents is 2. The van der Waals surface area contributed by atoms with Gasteiger partial charge in [-0.2, -0.15) is 5.10 Å². The summed E-state index contributed by atoms with van der Waals surface area (Å²) in [5, 5.41) is 27.1. The first-order valence-electron chi connectivity index (χ1n) is 10.9. The van der Waals surface area contributed by atoms with Gasteiger partial charge in [0.2, 0.25) is 5.75 Å². The van der Waals surface area contributed by atoms with Crippen LogP contribution in [0.1, 0.15) is 5.56 Å². The van der Waals surface area contributed by atoms with Crippen molar-refractivity contribution in [1.82, 2.24) is 10.4 Å². The number of amides is 1. The molecule has 192 valence electrons. The average Bonchev–Trinajstić information content (AvgIpc) is 2.92. The van der Waals surface area contributed by atoms with Crippen molar-refractivity contribution in [1.29, 1.82) is 0 Å². The van der Waals surface area contributed by atoms with Gasteiger partial charge in [-0.15, -0.1) is 0 Å². The summed E-state index contributed by atoms with van der Waals surface area (Å²) in [7, 11) is 1.37. The fourth-order valence-electron chi connectivity index (χ4n) is 3.36. The topological polar surface area (TPSA) is 168 Å². The fourth-order valence-corrected chi connectivity index (χ4v) is 3.36. The number of hydrazone groups is 1. The molecule has 1 amide bonds. The number of pyridine rings is 1. The Morgan fingerprint density at radius 1 is 0.974 bits per heavy atom. The van der Waals surface area contributed by atoms with Gasteiger partial charge in [-0.05, 0) is 42.0 Å². The number of methoxy groups -OCH3 is 1. The third-order valence-corrected chi connectivity index (χ3v) is 5.11. The number of hydrogen-bond donors (Lipinski definition) is 1. The minimum Gasteiger partial charge on any atom is -0.493 e. The lowest BCUT2D eigenvalue weighted by molar-refractivity contribution is -0.394. The lowest BCUT2D eigenvalue weighted by atomic mass is 10.2. The molecule has 1 N–H and O–H groups in total. The molecule has 1 aromatic heterocycles. The summed E-state index contributed by atoms with van der Waals surface area (Å²) < 4.78 is 16.5. The van der Waals surface area contributed by atoms with E-state index in [9.17, 15) is 25.0 Å². The molecule has 1 heterocycles. The molecule has 0 aliphatic heterocycles. The highest BCUT2D eigenvalue weighted by atomic mass is 16.6. The molecule has 0 bridgehead atoms. The number of non-ortho nitro benzene ring substituents is 1. The predicted octanol–water partition coefficient (Wildman–Crippen LogP) is 4.38. The molecule has 13 nitrogen and oxygen atoms in total. The minimum absolute atomic E-state index is 0.128. The van der Waals surface area contributed by atoms with Crippen LogP contribution in [-0.2, 0) is 4.79 Å². The number of para-hydroxylation sites is 1. The Labute approximate surface area is 214 Å². The van der Waals surface area contributed by atoms with Crippen molar-refractivity contribution in [2.45, 2.75) is 0 Å². The third kappa shape index (κ3) is 5.96. The second-order valence-corrected chi connectivity index (χ2v) is 7.59. The Hall–Kier alpha value is -5.59. The van der Waals surface area contributed by atoms with Gasteiger partial charge in [0.1, 0.15) is 11.3 Å². The monoisotopic (exact) mass is 517 g/mol. The molecular weight excluding hydrogens is 498 g/mol. The molecule has 0 aliphatic rings. The molecular formula is C25H19N5O8. The summed E-state index contributed by atoms with van der Waals surface area (Å²) >= 11 is 0. The van der Waals surface area contributed by atoms with Gasteiger partial charge in [0.15, 0.2) is 18.1 Å². The molecule has 4 rings (SSSR count). The molecule has 0 radical (unpaired) electrons. The molecule has 0 spiro atoms. The summed E-state index contributed by atoms with van der Waals surface area (Å²) in [6.45, 7) is -0.281. The Morgan fingerprint density at radius 3 is 2.53 bits per heavy atom. The Bertz CT molecular complexity index is 1550. The van der Waals surface area contributed by atoms with Gasteiger partial charge in [0.05, 0.1) is 29.2 Å². The summed E-state index contributed by atoms with van der Waals surface area (Å²) in [4.78, 5) is 37.2. The van der Waals surface area contributed by atoms with Crippen LogP contribution in [0.3, 0.4) is 0 Å². The van der Waals surface area contributed by atoms with E-state index in [-0.39, 0.29) is 23.9 Å². The van der Waals surface area contributed by atoms with E-state index in [2.05, 4.69) is 15.5 Å². The largest absolute Gasteiger partial charge is 0.493 e. The van der Waals surface area contributed by atoms with E-state index in [0.29, 0.717) is 16.8 Å². The van der Waals surface area contributed by atoms with Gasteiger partial charge >= 0.3 is 5.69 Å². The summed E-state index contributed by atoms with van der Waals surface area (Å²) in [5.41, 5.74) is 2.50. The molecule has 3 aromatic carbocycles. The van der Waals surface area contributed by atoms with Crippen molar-refractivity contribution in [3.05, 3.63) is 98.7 Å². The lowest BCUT2D eigenvalue weighted by Crippen LogP contribution is -2.24. The zero-order valence-corrected chi connectivity index (χ0v) is 19.8. The normalized spacial score (nSPS) is 10.8. The smallest absolute Gasteiger partial charge is 0.318 e. The fraction of sp³-hybridized carbons (Fsp3) is 0.0800. The van der Waals surface area contributed by atoms with E-state index in [1.54, 1.807) is 30.5 Å². The van der Waals surface area contributed by atoms with Crippen molar-refractivity contribution in [3.8, 4) is 23.0 Å². The molecule has 0 atom stereocenters. The minimum atomic E-state index is -0.779. The number of fused-ring (bicyclic) bond motifs is 1. The van der Waals surface area contributed by atoms with Gasteiger partial charge < -0.3 is 14.2 Å². The molecule has 13 heteroatoms. The maximum Gasteiger partial charge on any atom is 0.318 e. The van der Waals surface area contributed by atoms with Crippen LogP contribution in [0.4, 0.5) is 11.4 Å². The molecule has 0 unspecified atom stereocenters. The van der Waals surface area contributed by atoms with Crippen LogP contribution in [0.15, 0.2) is 78.0 Å².